The van der Waals surface area contributed by atoms with E-state index < -0.39 is 0 Å². The molecular formula is C16H31N3O3. The molecule has 0 bridgehead atoms. The topological polar surface area (TPSA) is 62.8 Å². The van der Waals surface area contributed by atoms with E-state index in [9.17, 15) is 4.79 Å². The van der Waals surface area contributed by atoms with Crippen molar-refractivity contribution in [1.29, 1.82) is 0 Å². The zero-order valence-electron chi connectivity index (χ0n) is 14.2. The molecule has 2 N–H and O–H groups in total. The van der Waals surface area contributed by atoms with Gasteiger partial charge in [0.25, 0.3) is 0 Å². The van der Waals surface area contributed by atoms with Crippen molar-refractivity contribution >= 4 is 5.91 Å². The van der Waals surface area contributed by atoms with Gasteiger partial charge in [-0.1, -0.05) is 0 Å². The highest BCUT2D eigenvalue weighted by Crippen LogP contribution is 2.29. The molecule has 2 unspecified atom stereocenters. The maximum atomic E-state index is 12.8. The number of ether oxygens (including phenoxy) is 2. The first-order chi connectivity index (χ1) is 10.6. The molecule has 2 aliphatic rings. The Bertz CT molecular complexity index is 347. The molecule has 2 aliphatic heterocycles. The van der Waals surface area contributed by atoms with Crippen LogP contribution < -0.4 is 10.6 Å². The Morgan fingerprint density at radius 3 is 2.55 bits per heavy atom. The summed E-state index contributed by atoms with van der Waals surface area (Å²) in [5.41, 5.74) is -0.376. The molecule has 0 aromatic rings. The predicted molar refractivity (Wildman–Crippen MR) is 85.9 cm³/mol. The van der Waals surface area contributed by atoms with E-state index in [2.05, 4.69) is 29.4 Å². The van der Waals surface area contributed by atoms with Gasteiger partial charge in [0.15, 0.2) is 0 Å². The molecule has 0 aromatic heterocycles. The van der Waals surface area contributed by atoms with Crippen molar-refractivity contribution in [3.63, 3.8) is 0 Å². The van der Waals surface area contributed by atoms with Gasteiger partial charge in [0.1, 0.15) is 0 Å². The molecule has 0 radical (unpaired) electrons. The highest BCUT2D eigenvalue weighted by molar-refractivity contribution is 5.83. The molecule has 0 saturated carbocycles. The number of hydrogen-bond acceptors (Lipinski definition) is 5. The second-order valence-electron chi connectivity index (χ2n) is 6.61. The first-order valence-electron chi connectivity index (χ1n) is 8.41. The zero-order valence-corrected chi connectivity index (χ0v) is 14.2. The second kappa shape index (κ2) is 8.24. The van der Waals surface area contributed by atoms with Gasteiger partial charge in [0.05, 0.1) is 25.2 Å². The Hall–Kier alpha value is -0.690. The number of amides is 1. The molecule has 6 nitrogen and oxygen atoms in total. The molecule has 1 amide bonds. The van der Waals surface area contributed by atoms with E-state index in [4.69, 9.17) is 9.47 Å². The molecule has 2 fully saturated rings. The smallest absolute Gasteiger partial charge is 0.228 e. The summed E-state index contributed by atoms with van der Waals surface area (Å²) in [6.07, 6.45) is 1.68. The van der Waals surface area contributed by atoms with Crippen LogP contribution in [0.3, 0.4) is 0 Å². The SMILES string of the molecule is COCC1(C(=O)NC(C)C(C)N2CCOCC2)CCNCC1. The fraction of sp³-hybridized carbons (Fsp3) is 0.938. The van der Waals surface area contributed by atoms with E-state index in [1.54, 1.807) is 7.11 Å². The molecule has 0 aliphatic carbocycles. The van der Waals surface area contributed by atoms with Crippen molar-refractivity contribution < 1.29 is 14.3 Å². The summed E-state index contributed by atoms with van der Waals surface area (Å²) in [6.45, 7) is 9.98. The standard InChI is InChI=1S/C16H31N3O3/c1-13(14(2)19-8-10-22-11-9-19)18-15(20)16(12-21-3)4-6-17-7-5-16/h13-14,17H,4-12H2,1-3H3,(H,18,20). The molecule has 0 spiro atoms. The largest absolute Gasteiger partial charge is 0.384 e. The maximum Gasteiger partial charge on any atom is 0.228 e. The van der Waals surface area contributed by atoms with Gasteiger partial charge < -0.3 is 20.1 Å². The van der Waals surface area contributed by atoms with E-state index in [0.717, 1.165) is 52.2 Å². The number of nitrogens with zero attached hydrogens (tertiary/aromatic N) is 1. The third-order valence-corrected chi connectivity index (χ3v) is 5.17. The van der Waals surface area contributed by atoms with Crippen LogP contribution in [0, 0.1) is 5.41 Å². The van der Waals surface area contributed by atoms with Crippen molar-refractivity contribution in [1.82, 2.24) is 15.5 Å². The summed E-state index contributed by atoms with van der Waals surface area (Å²) in [4.78, 5) is 15.2. The Morgan fingerprint density at radius 2 is 1.95 bits per heavy atom. The first-order valence-corrected chi connectivity index (χ1v) is 8.41. The molecule has 6 heteroatoms. The highest BCUT2D eigenvalue weighted by atomic mass is 16.5. The average Bonchev–Trinajstić information content (AvgIpc) is 2.56. The number of piperidine rings is 1. The minimum Gasteiger partial charge on any atom is -0.384 e. The quantitative estimate of drug-likeness (QED) is 0.735. The minimum absolute atomic E-state index is 0.120. The third kappa shape index (κ3) is 4.19. The zero-order chi connectivity index (χ0) is 16.0. The van der Waals surface area contributed by atoms with Crippen LogP contribution in [0.5, 0.6) is 0 Å². The van der Waals surface area contributed by atoms with Crippen molar-refractivity contribution in [2.45, 2.75) is 38.8 Å². The number of rotatable bonds is 6. The third-order valence-electron chi connectivity index (χ3n) is 5.17. The molecule has 128 valence electrons. The Kier molecular flexibility index (Phi) is 6.62. The molecule has 2 rings (SSSR count). The van der Waals surface area contributed by atoms with Crippen LogP contribution in [0.1, 0.15) is 26.7 Å². The normalized spacial score (nSPS) is 25.4. The lowest BCUT2D eigenvalue weighted by atomic mass is 9.78. The monoisotopic (exact) mass is 313 g/mol. The molecule has 22 heavy (non-hydrogen) atoms. The minimum atomic E-state index is -0.376. The summed E-state index contributed by atoms with van der Waals surface area (Å²) in [6, 6.07) is 0.434. The molecule has 0 aromatic carbocycles. The van der Waals surface area contributed by atoms with Crippen molar-refractivity contribution in [2.75, 3.05) is 53.1 Å². The number of morpholine rings is 1. The lowest BCUT2D eigenvalue weighted by Crippen LogP contribution is -2.57. The predicted octanol–water partition coefficient (Wildman–Crippen LogP) is 0.228. The van der Waals surface area contributed by atoms with Gasteiger partial charge in [-0.3, -0.25) is 9.69 Å². The van der Waals surface area contributed by atoms with Crippen LogP contribution >= 0.6 is 0 Å². The van der Waals surface area contributed by atoms with E-state index in [-0.39, 0.29) is 17.4 Å². The Labute approximate surface area is 133 Å². The Balaban J connectivity index is 1.93. The van der Waals surface area contributed by atoms with Gasteiger partial charge in [-0.25, -0.2) is 0 Å². The molecule has 2 saturated heterocycles. The summed E-state index contributed by atoms with van der Waals surface area (Å²) >= 11 is 0. The average molecular weight is 313 g/mol. The van der Waals surface area contributed by atoms with Crippen molar-refractivity contribution in [3.8, 4) is 0 Å². The van der Waals surface area contributed by atoms with Crippen LogP contribution in [-0.4, -0.2) is 76.0 Å². The van der Waals surface area contributed by atoms with Crippen LogP contribution in [0.4, 0.5) is 0 Å². The van der Waals surface area contributed by atoms with Crippen molar-refractivity contribution in [3.05, 3.63) is 0 Å². The van der Waals surface area contributed by atoms with Gasteiger partial charge in [0, 0.05) is 32.3 Å². The van der Waals surface area contributed by atoms with Crippen LogP contribution in [-0.2, 0) is 14.3 Å². The molecular weight excluding hydrogens is 282 g/mol. The van der Waals surface area contributed by atoms with E-state index in [0.29, 0.717) is 12.6 Å². The molecule has 2 heterocycles. The number of nitrogens with one attached hydrogen (secondary N) is 2. The van der Waals surface area contributed by atoms with Gasteiger partial charge in [0.2, 0.25) is 5.91 Å². The second-order valence-corrected chi connectivity index (χ2v) is 6.61. The summed E-state index contributed by atoms with van der Waals surface area (Å²) < 4.78 is 10.8. The maximum absolute atomic E-state index is 12.8. The van der Waals surface area contributed by atoms with E-state index >= 15 is 0 Å². The number of carbonyl (C=O) groups is 1. The van der Waals surface area contributed by atoms with Crippen LogP contribution in [0.25, 0.3) is 0 Å². The first kappa shape index (κ1) is 17.7. The summed E-state index contributed by atoms with van der Waals surface area (Å²) in [5, 5.41) is 6.57. The van der Waals surface area contributed by atoms with Crippen LogP contribution in [0.15, 0.2) is 0 Å². The van der Waals surface area contributed by atoms with Gasteiger partial charge in [-0.2, -0.15) is 0 Å². The summed E-state index contributed by atoms with van der Waals surface area (Å²) in [7, 11) is 1.68. The van der Waals surface area contributed by atoms with Gasteiger partial charge in [-0.15, -0.1) is 0 Å². The van der Waals surface area contributed by atoms with E-state index in [1.807, 2.05) is 0 Å². The summed E-state index contributed by atoms with van der Waals surface area (Å²) in [5.74, 6) is 0.142. The number of carbonyl (C=O) groups excluding carboxylic acids is 1. The Morgan fingerprint density at radius 1 is 1.32 bits per heavy atom. The van der Waals surface area contributed by atoms with Gasteiger partial charge in [-0.05, 0) is 39.8 Å². The lowest BCUT2D eigenvalue weighted by Gasteiger charge is -2.39. The van der Waals surface area contributed by atoms with Gasteiger partial charge >= 0.3 is 0 Å². The van der Waals surface area contributed by atoms with E-state index in [1.165, 1.54) is 0 Å². The number of hydrogen-bond donors (Lipinski definition) is 2. The fourth-order valence-electron chi connectivity index (χ4n) is 3.40. The number of methoxy groups -OCH3 is 1. The fourth-order valence-corrected chi connectivity index (χ4v) is 3.40. The van der Waals surface area contributed by atoms with Crippen molar-refractivity contribution in [2.24, 2.45) is 5.41 Å². The lowest BCUT2D eigenvalue weighted by molar-refractivity contribution is -0.137. The van der Waals surface area contributed by atoms with Crippen LogP contribution in [0.2, 0.25) is 0 Å². The molecule has 2 atom stereocenters. The highest BCUT2D eigenvalue weighted by Gasteiger charge is 2.40.